The van der Waals surface area contributed by atoms with Gasteiger partial charge < -0.3 is 10.3 Å². The molecule has 0 aliphatic heterocycles. The summed E-state index contributed by atoms with van der Waals surface area (Å²) in [6.45, 7) is 7.74. The fraction of sp³-hybridized carbons (Fsp3) is 0.316. The molecule has 27 heavy (non-hydrogen) atoms. The highest BCUT2D eigenvalue weighted by Crippen LogP contribution is 2.25. The first-order valence-corrected chi connectivity index (χ1v) is 10.3. The summed E-state index contributed by atoms with van der Waals surface area (Å²) in [7, 11) is 0. The first-order valence-electron chi connectivity index (χ1n) is 8.57. The standard InChI is InChI=1S/C19H21BrN4O2S/c1-10(2)24-18(26)17-15(8-12(4)21-17)23-19(24)27-9-16(25)22-14-6-5-11(3)7-13(14)20/h5-8,10,21H,9H2,1-4H3,(H,22,25). The maximum Gasteiger partial charge on any atom is 0.278 e. The molecule has 0 spiro atoms. The van der Waals surface area contributed by atoms with E-state index in [4.69, 9.17) is 0 Å². The second kappa shape index (κ2) is 7.90. The van der Waals surface area contributed by atoms with Crippen molar-refractivity contribution < 1.29 is 4.79 Å². The van der Waals surface area contributed by atoms with E-state index >= 15 is 0 Å². The van der Waals surface area contributed by atoms with E-state index in [1.54, 1.807) is 4.57 Å². The number of hydrogen-bond acceptors (Lipinski definition) is 4. The molecule has 0 unspecified atom stereocenters. The lowest BCUT2D eigenvalue weighted by Crippen LogP contribution is -2.25. The Hall–Kier alpha value is -2.06. The van der Waals surface area contributed by atoms with Crippen LogP contribution < -0.4 is 10.9 Å². The SMILES string of the molecule is Cc1ccc(NC(=O)CSc2nc3cc(C)[nH]c3c(=O)n2C(C)C)c(Br)c1. The summed E-state index contributed by atoms with van der Waals surface area (Å²) in [6.07, 6.45) is 0. The van der Waals surface area contributed by atoms with Crippen molar-refractivity contribution in [3.8, 4) is 0 Å². The van der Waals surface area contributed by atoms with Crippen LogP contribution >= 0.6 is 27.7 Å². The number of aromatic amines is 1. The molecule has 2 aromatic heterocycles. The van der Waals surface area contributed by atoms with Crippen LogP contribution in [0.1, 0.15) is 31.1 Å². The van der Waals surface area contributed by atoms with Crippen LogP contribution in [0.2, 0.25) is 0 Å². The molecule has 0 bridgehead atoms. The first-order chi connectivity index (χ1) is 12.8. The van der Waals surface area contributed by atoms with Gasteiger partial charge in [0.2, 0.25) is 5.91 Å². The molecule has 0 aliphatic rings. The van der Waals surface area contributed by atoms with Crippen LogP contribution in [-0.2, 0) is 4.79 Å². The zero-order valence-electron chi connectivity index (χ0n) is 15.6. The number of fused-ring (bicyclic) bond motifs is 1. The maximum absolute atomic E-state index is 12.8. The molecule has 0 saturated carbocycles. The average Bonchev–Trinajstić information content (AvgIpc) is 2.96. The van der Waals surface area contributed by atoms with Gasteiger partial charge in [-0.25, -0.2) is 4.98 Å². The lowest BCUT2D eigenvalue weighted by molar-refractivity contribution is -0.113. The summed E-state index contributed by atoms with van der Waals surface area (Å²) >= 11 is 4.72. The van der Waals surface area contributed by atoms with E-state index in [1.807, 2.05) is 52.0 Å². The second-order valence-corrected chi connectivity index (χ2v) is 8.49. The molecule has 6 nitrogen and oxygen atoms in total. The number of aromatic nitrogens is 3. The lowest BCUT2D eigenvalue weighted by Gasteiger charge is -2.15. The summed E-state index contributed by atoms with van der Waals surface area (Å²) in [5, 5.41) is 3.43. The fourth-order valence-corrected chi connectivity index (χ4v) is 4.31. The summed E-state index contributed by atoms with van der Waals surface area (Å²) in [4.78, 5) is 32.8. The highest BCUT2D eigenvalue weighted by Gasteiger charge is 2.17. The second-order valence-electron chi connectivity index (χ2n) is 6.70. The number of nitrogens with zero attached hydrogens (tertiary/aromatic N) is 2. The number of H-pyrrole nitrogens is 1. The van der Waals surface area contributed by atoms with Gasteiger partial charge >= 0.3 is 0 Å². The molecule has 3 aromatic rings. The zero-order chi connectivity index (χ0) is 19.7. The van der Waals surface area contributed by atoms with Crippen molar-refractivity contribution in [3.05, 3.63) is 50.3 Å². The molecule has 2 heterocycles. The third kappa shape index (κ3) is 4.27. The Morgan fingerprint density at radius 3 is 2.74 bits per heavy atom. The van der Waals surface area contributed by atoms with Crippen LogP contribution in [0, 0.1) is 13.8 Å². The number of thioether (sulfide) groups is 1. The minimum atomic E-state index is -0.153. The molecule has 0 atom stereocenters. The van der Waals surface area contributed by atoms with Crippen molar-refractivity contribution in [2.24, 2.45) is 0 Å². The molecule has 0 saturated heterocycles. The van der Waals surface area contributed by atoms with E-state index in [1.165, 1.54) is 11.8 Å². The summed E-state index contributed by atoms with van der Waals surface area (Å²) in [5.74, 6) is 0.00782. The quantitative estimate of drug-likeness (QED) is 0.447. The molecule has 0 radical (unpaired) electrons. The van der Waals surface area contributed by atoms with Gasteiger partial charge in [0, 0.05) is 16.2 Å². The third-order valence-electron chi connectivity index (χ3n) is 4.03. The molecule has 0 fully saturated rings. The largest absolute Gasteiger partial charge is 0.353 e. The molecule has 3 rings (SSSR count). The fourth-order valence-electron chi connectivity index (χ4n) is 2.79. The minimum absolute atomic E-state index is 0.0604. The van der Waals surface area contributed by atoms with Crippen molar-refractivity contribution in [2.45, 2.75) is 38.9 Å². The zero-order valence-corrected chi connectivity index (χ0v) is 18.0. The normalized spacial score (nSPS) is 11.3. The maximum atomic E-state index is 12.8. The van der Waals surface area contributed by atoms with Crippen molar-refractivity contribution in [1.82, 2.24) is 14.5 Å². The van der Waals surface area contributed by atoms with Crippen molar-refractivity contribution in [3.63, 3.8) is 0 Å². The molecule has 1 aromatic carbocycles. The Morgan fingerprint density at radius 2 is 2.07 bits per heavy atom. The van der Waals surface area contributed by atoms with Gasteiger partial charge in [-0.1, -0.05) is 17.8 Å². The van der Waals surface area contributed by atoms with Gasteiger partial charge in [0.05, 0.1) is 17.0 Å². The van der Waals surface area contributed by atoms with Crippen LogP contribution in [0.25, 0.3) is 11.0 Å². The van der Waals surface area contributed by atoms with Crippen LogP contribution in [0.15, 0.2) is 38.7 Å². The number of halogens is 1. The Kier molecular flexibility index (Phi) is 5.76. The van der Waals surface area contributed by atoms with Crippen molar-refractivity contribution in [2.75, 3.05) is 11.1 Å². The Bertz CT molecular complexity index is 1070. The smallest absolute Gasteiger partial charge is 0.278 e. The number of anilines is 1. The highest BCUT2D eigenvalue weighted by atomic mass is 79.9. The van der Waals surface area contributed by atoms with Gasteiger partial charge in [-0.05, 0) is 67.4 Å². The number of rotatable bonds is 5. The molecule has 142 valence electrons. The van der Waals surface area contributed by atoms with E-state index < -0.39 is 0 Å². The van der Waals surface area contributed by atoms with Gasteiger partial charge in [0.15, 0.2) is 5.16 Å². The van der Waals surface area contributed by atoms with Crippen LogP contribution in [0.5, 0.6) is 0 Å². The van der Waals surface area contributed by atoms with Crippen LogP contribution in [0.4, 0.5) is 5.69 Å². The number of nitrogens with one attached hydrogen (secondary N) is 2. The summed E-state index contributed by atoms with van der Waals surface area (Å²) in [6, 6.07) is 7.53. The third-order valence-corrected chi connectivity index (χ3v) is 5.64. The van der Waals surface area contributed by atoms with Gasteiger partial charge in [-0.2, -0.15) is 0 Å². The molecular formula is C19H21BrN4O2S. The number of hydrogen-bond donors (Lipinski definition) is 2. The van der Waals surface area contributed by atoms with E-state index in [0.29, 0.717) is 16.2 Å². The summed E-state index contributed by atoms with van der Waals surface area (Å²) in [5.41, 5.74) is 3.71. The van der Waals surface area contributed by atoms with Gasteiger partial charge in [-0.15, -0.1) is 0 Å². The Labute approximate surface area is 169 Å². The minimum Gasteiger partial charge on any atom is -0.353 e. The lowest BCUT2D eigenvalue weighted by atomic mass is 10.2. The molecule has 8 heteroatoms. The predicted octanol–water partition coefficient (Wildman–Crippen LogP) is 4.42. The molecule has 2 N–H and O–H groups in total. The van der Waals surface area contributed by atoms with Gasteiger partial charge in [-0.3, -0.25) is 14.2 Å². The highest BCUT2D eigenvalue weighted by molar-refractivity contribution is 9.10. The monoisotopic (exact) mass is 448 g/mol. The number of aryl methyl sites for hydroxylation is 2. The van der Waals surface area contributed by atoms with Gasteiger partial charge in [0.25, 0.3) is 5.56 Å². The Morgan fingerprint density at radius 1 is 1.33 bits per heavy atom. The van der Waals surface area contributed by atoms with Gasteiger partial charge in [0.1, 0.15) is 5.52 Å². The Balaban J connectivity index is 1.82. The van der Waals surface area contributed by atoms with Crippen molar-refractivity contribution >= 4 is 50.3 Å². The predicted molar refractivity (Wildman–Crippen MR) is 114 cm³/mol. The molecular weight excluding hydrogens is 428 g/mol. The number of carbonyl (C=O) groups is 1. The number of benzene rings is 1. The van der Waals surface area contributed by atoms with Crippen LogP contribution in [0.3, 0.4) is 0 Å². The van der Waals surface area contributed by atoms with Crippen molar-refractivity contribution in [1.29, 1.82) is 0 Å². The van der Waals surface area contributed by atoms with E-state index in [9.17, 15) is 9.59 Å². The molecule has 1 amide bonds. The van der Waals surface area contributed by atoms with E-state index in [-0.39, 0.29) is 23.3 Å². The van der Waals surface area contributed by atoms with E-state index in [0.717, 1.165) is 21.4 Å². The summed E-state index contributed by atoms with van der Waals surface area (Å²) < 4.78 is 2.46. The topological polar surface area (TPSA) is 79.8 Å². The number of amides is 1. The molecule has 0 aliphatic carbocycles. The number of carbonyl (C=O) groups excluding carboxylic acids is 1. The average molecular weight is 449 g/mol. The van der Waals surface area contributed by atoms with Crippen LogP contribution in [-0.4, -0.2) is 26.2 Å². The van der Waals surface area contributed by atoms with E-state index in [2.05, 4.69) is 31.2 Å². The first kappa shape index (κ1) is 19.7.